The maximum atomic E-state index is 9.72. The van der Waals surface area contributed by atoms with Crippen molar-refractivity contribution < 1.29 is 9.84 Å². The van der Waals surface area contributed by atoms with Gasteiger partial charge in [-0.15, -0.1) is 0 Å². The fraction of sp³-hybridized carbons (Fsp3) is 0.833. The van der Waals surface area contributed by atoms with Crippen LogP contribution in [0.3, 0.4) is 0 Å². The second kappa shape index (κ2) is 3.89. The molecule has 0 radical (unpaired) electrons. The molecule has 0 aromatic heterocycles. The Morgan fingerprint density at radius 2 is 2.40 bits per heavy atom. The van der Waals surface area contributed by atoms with Gasteiger partial charge in [-0.1, -0.05) is 12.2 Å². The van der Waals surface area contributed by atoms with Crippen LogP contribution in [0.4, 0.5) is 0 Å². The summed E-state index contributed by atoms with van der Waals surface area (Å²) in [7, 11) is 0. The molecule has 0 unspecified atom stereocenters. The Hall–Kier alpha value is -0.380. The van der Waals surface area contributed by atoms with Crippen molar-refractivity contribution in [3.05, 3.63) is 12.2 Å². The van der Waals surface area contributed by atoms with E-state index in [9.17, 15) is 5.11 Å². The number of rotatable bonds is 3. The molecule has 86 valence electrons. The van der Waals surface area contributed by atoms with Gasteiger partial charge in [0.2, 0.25) is 0 Å². The molecule has 0 aromatic carbocycles. The van der Waals surface area contributed by atoms with Gasteiger partial charge < -0.3 is 9.84 Å². The average Bonchev–Trinajstić information content (AvgIpc) is 2.53. The summed E-state index contributed by atoms with van der Waals surface area (Å²) in [5.41, 5.74) is 1.31. The normalized spacial score (nSPS) is 36.5. The van der Waals surface area contributed by atoms with Crippen molar-refractivity contribution in [1.82, 2.24) is 4.90 Å². The molecule has 2 atom stereocenters. The van der Waals surface area contributed by atoms with E-state index >= 15 is 0 Å². The molecule has 0 aliphatic carbocycles. The number of hydrogen-bond acceptors (Lipinski definition) is 3. The van der Waals surface area contributed by atoms with E-state index in [2.05, 4.69) is 25.3 Å². The van der Waals surface area contributed by atoms with E-state index < -0.39 is 0 Å². The van der Waals surface area contributed by atoms with Gasteiger partial charge >= 0.3 is 0 Å². The third-order valence-electron chi connectivity index (χ3n) is 3.40. The molecule has 2 aliphatic rings. The fourth-order valence-electron chi connectivity index (χ4n) is 2.81. The first-order valence-corrected chi connectivity index (χ1v) is 5.73. The minimum absolute atomic E-state index is 0.0424. The highest BCUT2D eigenvalue weighted by Gasteiger charge is 2.49. The molecule has 3 heteroatoms. The Bertz CT molecular complexity index is 264. The van der Waals surface area contributed by atoms with E-state index in [1.807, 2.05) is 0 Å². The van der Waals surface area contributed by atoms with E-state index in [1.54, 1.807) is 0 Å². The molecule has 15 heavy (non-hydrogen) atoms. The van der Waals surface area contributed by atoms with Crippen molar-refractivity contribution >= 4 is 0 Å². The Kier molecular flexibility index (Phi) is 2.88. The molecule has 2 fully saturated rings. The number of fused-ring (bicyclic) bond motifs is 1. The molecule has 2 rings (SSSR count). The third kappa shape index (κ3) is 2.10. The van der Waals surface area contributed by atoms with Crippen LogP contribution in [-0.2, 0) is 4.74 Å². The lowest BCUT2D eigenvalue weighted by Crippen LogP contribution is -2.43. The Balaban J connectivity index is 2.05. The molecule has 0 amide bonds. The zero-order valence-corrected chi connectivity index (χ0v) is 9.70. The van der Waals surface area contributed by atoms with Crippen LogP contribution in [0.1, 0.15) is 26.7 Å². The van der Waals surface area contributed by atoms with E-state index in [4.69, 9.17) is 4.74 Å². The molecule has 0 saturated carbocycles. The molecule has 2 heterocycles. The average molecular weight is 211 g/mol. The van der Waals surface area contributed by atoms with Crippen LogP contribution in [0.2, 0.25) is 0 Å². The lowest BCUT2D eigenvalue weighted by atomic mass is 9.93. The second-order valence-electron chi connectivity index (χ2n) is 5.25. The van der Waals surface area contributed by atoms with Crippen LogP contribution < -0.4 is 0 Å². The highest BCUT2D eigenvalue weighted by Crippen LogP contribution is 2.41. The van der Waals surface area contributed by atoms with Crippen molar-refractivity contribution in [2.75, 3.05) is 19.7 Å². The van der Waals surface area contributed by atoms with Gasteiger partial charge in [0.1, 0.15) is 0 Å². The predicted octanol–water partition coefficient (Wildman–Crippen LogP) is 1.18. The van der Waals surface area contributed by atoms with Gasteiger partial charge in [-0.2, -0.15) is 0 Å². The summed E-state index contributed by atoms with van der Waals surface area (Å²) >= 11 is 0. The van der Waals surface area contributed by atoms with Crippen LogP contribution in [0.5, 0.6) is 0 Å². The standard InChI is InChI=1S/C12H21NO2/c1-9(2)15-8-12-4-10(3)6-13(12)7-11(14)5-12/h9,11,14H,3-8H2,1-2H3/t11-,12+/m0/s1. The molecule has 0 aromatic rings. The Morgan fingerprint density at radius 3 is 3.07 bits per heavy atom. The molecule has 1 N–H and O–H groups in total. The topological polar surface area (TPSA) is 32.7 Å². The van der Waals surface area contributed by atoms with Crippen molar-refractivity contribution in [2.45, 2.75) is 44.4 Å². The Morgan fingerprint density at radius 1 is 1.67 bits per heavy atom. The zero-order chi connectivity index (χ0) is 11.1. The first-order valence-electron chi connectivity index (χ1n) is 5.73. The number of ether oxygens (including phenoxy) is 1. The van der Waals surface area contributed by atoms with Gasteiger partial charge in [0.15, 0.2) is 0 Å². The smallest absolute Gasteiger partial charge is 0.0686 e. The lowest BCUT2D eigenvalue weighted by Gasteiger charge is -2.31. The number of aliphatic hydroxyl groups excluding tert-OH is 1. The minimum atomic E-state index is -0.186. The number of nitrogens with zero attached hydrogens (tertiary/aromatic N) is 1. The quantitative estimate of drug-likeness (QED) is 0.711. The maximum Gasteiger partial charge on any atom is 0.0686 e. The molecular formula is C12H21NO2. The van der Waals surface area contributed by atoms with Crippen LogP contribution >= 0.6 is 0 Å². The van der Waals surface area contributed by atoms with Crippen LogP contribution in [0, 0.1) is 0 Å². The highest BCUT2D eigenvalue weighted by atomic mass is 16.5. The van der Waals surface area contributed by atoms with E-state index in [0.717, 1.165) is 32.5 Å². The summed E-state index contributed by atoms with van der Waals surface area (Å²) in [6.45, 7) is 10.6. The van der Waals surface area contributed by atoms with Gasteiger partial charge in [0, 0.05) is 13.1 Å². The summed E-state index contributed by atoms with van der Waals surface area (Å²) in [6, 6.07) is 0. The molecule has 0 spiro atoms. The van der Waals surface area contributed by atoms with Crippen molar-refractivity contribution in [3.63, 3.8) is 0 Å². The Labute approximate surface area is 91.7 Å². The summed E-state index contributed by atoms with van der Waals surface area (Å²) in [5.74, 6) is 0. The molecule has 3 nitrogen and oxygen atoms in total. The minimum Gasteiger partial charge on any atom is -0.392 e. The largest absolute Gasteiger partial charge is 0.392 e. The molecule has 2 aliphatic heterocycles. The van der Waals surface area contributed by atoms with Gasteiger partial charge in [0.05, 0.1) is 24.4 Å². The molecule has 2 saturated heterocycles. The van der Waals surface area contributed by atoms with Crippen LogP contribution in [0.25, 0.3) is 0 Å². The summed E-state index contributed by atoms with van der Waals surface area (Å²) < 4.78 is 5.73. The zero-order valence-electron chi connectivity index (χ0n) is 9.70. The first kappa shape index (κ1) is 11.1. The number of β-amino-alcohol motifs (C(OH)–C–C–N with tert-alkyl or cyclic N) is 1. The highest BCUT2D eigenvalue weighted by molar-refractivity contribution is 5.19. The number of aliphatic hydroxyl groups is 1. The van der Waals surface area contributed by atoms with Crippen LogP contribution in [-0.4, -0.2) is 47.4 Å². The van der Waals surface area contributed by atoms with Crippen molar-refractivity contribution in [1.29, 1.82) is 0 Å². The predicted molar refractivity (Wildman–Crippen MR) is 59.8 cm³/mol. The van der Waals surface area contributed by atoms with Gasteiger partial charge in [-0.3, -0.25) is 4.90 Å². The van der Waals surface area contributed by atoms with E-state index in [-0.39, 0.29) is 17.7 Å². The maximum absolute atomic E-state index is 9.72. The van der Waals surface area contributed by atoms with Crippen molar-refractivity contribution in [3.8, 4) is 0 Å². The lowest BCUT2D eigenvalue weighted by molar-refractivity contribution is 0.00254. The van der Waals surface area contributed by atoms with E-state index in [1.165, 1.54) is 5.57 Å². The van der Waals surface area contributed by atoms with E-state index in [0.29, 0.717) is 0 Å². The first-order chi connectivity index (χ1) is 7.02. The third-order valence-corrected chi connectivity index (χ3v) is 3.40. The summed E-state index contributed by atoms with van der Waals surface area (Å²) in [6.07, 6.45) is 1.89. The van der Waals surface area contributed by atoms with Crippen molar-refractivity contribution in [2.24, 2.45) is 0 Å². The monoisotopic (exact) mass is 211 g/mol. The van der Waals surface area contributed by atoms with Gasteiger partial charge in [-0.05, 0) is 26.7 Å². The van der Waals surface area contributed by atoms with Gasteiger partial charge in [0.25, 0.3) is 0 Å². The van der Waals surface area contributed by atoms with Crippen LogP contribution in [0.15, 0.2) is 12.2 Å². The SMILES string of the molecule is C=C1CN2C[C@@H](O)C[C@@]2(COC(C)C)C1. The number of hydrogen-bond donors (Lipinski definition) is 1. The van der Waals surface area contributed by atoms with Gasteiger partial charge in [-0.25, -0.2) is 0 Å². The molecular weight excluding hydrogens is 190 g/mol. The summed E-state index contributed by atoms with van der Waals surface area (Å²) in [4.78, 5) is 2.34. The molecule has 0 bridgehead atoms. The summed E-state index contributed by atoms with van der Waals surface area (Å²) in [5, 5.41) is 9.72. The second-order valence-corrected chi connectivity index (χ2v) is 5.25. The fourth-order valence-corrected chi connectivity index (χ4v) is 2.81.